The third-order valence-electron chi connectivity index (χ3n) is 2.64. The maximum atomic E-state index is 4.57. The van der Waals surface area contributed by atoms with Gasteiger partial charge in [0, 0.05) is 24.2 Å². The van der Waals surface area contributed by atoms with E-state index in [1.165, 1.54) is 11.7 Å². The van der Waals surface area contributed by atoms with Gasteiger partial charge < -0.3 is 5.32 Å². The minimum absolute atomic E-state index is 0.179. The summed E-state index contributed by atoms with van der Waals surface area (Å²) in [6.45, 7) is 0. The van der Waals surface area contributed by atoms with Crippen molar-refractivity contribution in [2.24, 2.45) is 0 Å². The third kappa shape index (κ3) is 2.08. The molecule has 0 aromatic carbocycles. The lowest BCUT2D eigenvalue weighted by molar-refractivity contribution is 0.575. The van der Waals surface area contributed by atoms with E-state index in [-0.39, 0.29) is 6.04 Å². The highest BCUT2D eigenvalue weighted by atomic mass is 32.1. The van der Waals surface area contributed by atoms with Gasteiger partial charge in [-0.15, -0.1) is 11.3 Å². The third-order valence-corrected chi connectivity index (χ3v) is 3.90. The molecule has 3 aromatic heterocycles. The van der Waals surface area contributed by atoms with Crippen LogP contribution in [0.2, 0.25) is 0 Å². The summed E-state index contributed by atoms with van der Waals surface area (Å²) in [7, 11) is 1.93. The van der Waals surface area contributed by atoms with Crippen LogP contribution < -0.4 is 5.32 Å². The van der Waals surface area contributed by atoms with Crippen molar-refractivity contribution in [3.8, 4) is 0 Å². The Labute approximate surface area is 106 Å². The molecule has 0 aliphatic carbocycles. The molecule has 5 nitrogen and oxygen atoms in total. The Balaban J connectivity index is 1.83. The van der Waals surface area contributed by atoms with Crippen LogP contribution in [0.15, 0.2) is 24.0 Å². The van der Waals surface area contributed by atoms with Gasteiger partial charge in [0.2, 0.25) is 0 Å². The van der Waals surface area contributed by atoms with Crippen molar-refractivity contribution in [1.82, 2.24) is 23.4 Å². The molecule has 3 rings (SSSR count). The maximum absolute atomic E-state index is 4.57. The number of hydrogen-bond donors (Lipinski definition) is 1. The van der Waals surface area contributed by atoms with Crippen molar-refractivity contribution in [1.29, 1.82) is 0 Å². The predicted octanol–water partition coefficient (Wildman–Crippen LogP) is 1.75. The van der Waals surface area contributed by atoms with Gasteiger partial charge in [-0.2, -0.15) is 8.75 Å². The summed E-state index contributed by atoms with van der Waals surface area (Å²) in [5, 5.41) is 5.28. The Morgan fingerprint density at radius 2 is 2.47 bits per heavy atom. The molecule has 0 amide bonds. The first kappa shape index (κ1) is 10.8. The average Bonchev–Trinajstić information content (AvgIpc) is 3.01. The molecule has 3 heterocycles. The van der Waals surface area contributed by atoms with Gasteiger partial charge in [0.05, 0.1) is 35.4 Å². The van der Waals surface area contributed by atoms with Gasteiger partial charge in [-0.1, -0.05) is 0 Å². The van der Waals surface area contributed by atoms with Gasteiger partial charge in [0.15, 0.2) is 4.96 Å². The van der Waals surface area contributed by atoms with E-state index in [1.807, 2.05) is 29.2 Å². The van der Waals surface area contributed by atoms with Gasteiger partial charge in [-0.25, -0.2) is 4.98 Å². The molecule has 17 heavy (non-hydrogen) atoms. The second-order valence-electron chi connectivity index (χ2n) is 3.70. The lowest BCUT2D eigenvalue weighted by Gasteiger charge is -2.10. The number of nitrogens with zero attached hydrogens (tertiary/aromatic N) is 4. The molecule has 0 radical (unpaired) electrons. The molecule has 0 saturated carbocycles. The summed E-state index contributed by atoms with van der Waals surface area (Å²) in [6.07, 6.45) is 6.73. The van der Waals surface area contributed by atoms with E-state index >= 15 is 0 Å². The van der Waals surface area contributed by atoms with Crippen molar-refractivity contribution >= 4 is 28.0 Å². The summed E-state index contributed by atoms with van der Waals surface area (Å²) < 4.78 is 10.3. The molecular formula is C10H11N5S2. The first-order valence-electron chi connectivity index (χ1n) is 5.22. The van der Waals surface area contributed by atoms with Crippen LogP contribution in [-0.4, -0.2) is 25.2 Å². The first-order valence-corrected chi connectivity index (χ1v) is 6.83. The molecule has 1 unspecified atom stereocenters. The predicted molar refractivity (Wildman–Crippen MR) is 68.5 cm³/mol. The lowest BCUT2D eigenvalue weighted by Crippen LogP contribution is -2.19. The van der Waals surface area contributed by atoms with E-state index in [1.54, 1.807) is 11.3 Å². The number of imidazole rings is 1. The summed E-state index contributed by atoms with van der Waals surface area (Å²) in [5.41, 5.74) is 2.05. The van der Waals surface area contributed by atoms with Crippen molar-refractivity contribution < 1.29 is 0 Å². The zero-order valence-electron chi connectivity index (χ0n) is 9.20. The minimum atomic E-state index is 0.179. The van der Waals surface area contributed by atoms with Crippen LogP contribution in [0.1, 0.15) is 17.4 Å². The fraction of sp³-hybridized carbons (Fsp3) is 0.300. The van der Waals surface area contributed by atoms with Crippen LogP contribution in [0.5, 0.6) is 0 Å². The Bertz CT molecular complexity index is 569. The molecular weight excluding hydrogens is 254 g/mol. The normalized spacial score (nSPS) is 13.2. The van der Waals surface area contributed by atoms with Gasteiger partial charge >= 0.3 is 0 Å². The maximum Gasteiger partial charge on any atom is 0.193 e. The largest absolute Gasteiger partial charge is 0.311 e. The number of fused-ring (bicyclic) bond motifs is 1. The molecule has 0 aliphatic rings. The van der Waals surface area contributed by atoms with Crippen molar-refractivity contribution in [3.63, 3.8) is 0 Å². The zero-order chi connectivity index (χ0) is 11.7. The number of hydrogen-bond acceptors (Lipinski definition) is 6. The smallest absolute Gasteiger partial charge is 0.193 e. The van der Waals surface area contributed by atoms with E-state index < -0.39 is 0 Å². The summed E-state index contributed by atoms with van der Waals surface area (Å²) >= 11 is 2.88. The van der Waals surface area contributed by atoms with Crippen molar-refractivity contribution in [2.75, 3.05) is 7.05 Å². The second kappa shape index (κ2) is 4.52. The average molecular weight is 265 g/mol. The van der Waals surface area contributed by atoms with Crippen LogP contribution in [0, 0.1) is 0 Å². The fourth-order valence-corrected chi connectivity index (χ4v) is 2.95. The van der Waals surface area contributed by atoms with Crippen LogP contribution in [-0.2, 0) is 6.42 Å². The second-order valence-corrected chi connectivity index (χ2v) is 5.13. The summed E-state index contributed by atoms with van der Waals surface area (Å²) in [6, 6.07) is 0.179. The Morgan fingerprint density at radius 3 is 3.18 bits per heavy atom. The van der Waals surface area contributed by atoms with E-state index in [0.29, 0.717) is 0 Å². The lowest BCUT2D eigenvalue weighted by atomic mass is 10.1. The minimum Gasteiger partial charge on any atom is -0.311 e. The molecule has 88 valence electrons. The molecule has 0 aliphatic heterocycles. The van der Waals surface area contributed by atoms with Crippen LogP contribution in [0.4, 0.5) is 0 Å². The van der Waals surface area contributed by atoms with Gasteiger partial charge in [-0.05, 0) is 7.05 Å². The number of rotatable bonds is 4. The topological polar surface area (TPSA) is 55.1 Å². The molecule has 3 aromatic rings. The molecule has 0 saturated heterocycles. The molecule has 7 heteroatoms. The van der Waals surface area contributed by atoms with E-state index in [0.717, 1.165) is 22.8 Å². The monoisotopic (exact) mass is 265 g/mol. The Morgan fingerprint density at radius 1 is 1.53 bits per heavy atom. The van der Waals surface area contributed by atoms with Crippen LogP contribution in [0.3, 0.4) is 0 Å². The fourth-order valence-electron chi connectivity index (χ4n) is 1.76. The summed E-state index contributed by atoms with van der Waals surface area (Å²) in [5.74, 6) is 0. The molecule has 1 N–H and O–H groups in total. The number of aromatic nitrogens is 4. The first-order chi connectivity index (χ1) is 8.36. The van der Waals surface area contributed by atoms with Gasteiger partial charge in [-0.3, -0.25) is 4.40 Å². The van der Waals surface area contributed by atoms with Crippen molar-refractivity contribution in [2.45, 2.75) is 12.5 Å². The quantitative estimate of drug-likeness (QED) is 0.781. The highest BCUT2D eigenvalue weighted by Crippen LogP contribution is 2.18. The van der Waals surface area contributed by atoms with Gasteiger partial charge in [0.25, 0.3) is 0 Å². The van der Waals surface area contributed by atoms with E-state index in [4.69, 9.17) is 0 Å². The molecule has 0 spiro atoms. The standard InChI is InChI=1S/C10H11N5S2/c1-11-8(9-5-12-17-14-9)4-7-6-15-2-3-16-10(15)13-7/h2-3,5-6,8,11H,4H2,1H3. The Kier molecular flexibility index (Phi) is 2.87. The molecule has 1 atom stereocenters. The highest BCUT2D eigenvalue weighted by molar-refractivity contribution is 7.15. The highest BCUT2D eigenvalue weighted by Gasteiger charge is 2.15. The van der Waals surface area contributed by atoms with E-state index in [9.17, 15) is 0 Å². The number of thiazole rings is 1. The van der Waals surface area contributed by atoms with Crippen LogP contribution in [0.25, 0.3) is 4.96 Å². The number of likely N-dealkylation sites (N-methyl/N-ethyl adjacent to an activating group) is 1. The number of nitrogens with one attached hydrogen (secondary N) is 1. The van der Waals surface area contributed by atoms with E-state index in [2.05, 4.69) is 25.2 Å². The summed E-state index contributed by atoms with van der Waals surface area (Å²) in [4.78, 5) is 5.60. The van der Waals surface area contributed by atoms with Gasteiger partial charge in [0.1, 0.15) is 0 Å². The Hall–Kier alpha value is -1.31. The van der Waals surface area contributed by atoms with Crippen molar-refractivity contribution in [3.05, 3.63) is 35.4 Å². The SMILES string of the molecule is CNC(Cc1cn2ccsc2n1)c1cnsn1. The van der Waals surface area contributed by atoms with Crippen LogP contribution >= 0.6 is 23.1 Å². The molecule has 0 fully saturated rings. The zero-order valence-corrected chi connectivity index (χ0v) is 10.8. The molecule has 0 bridgehead atoms.